The van der Waals surface area contributed by atoms with Gasteiger partial charge in [-0.1, -0.05) is 0 Å². The number of nitrogens with zero attached hydrogens (tertiary/aromatic N) is 3. The molecule has 0 aliphatic carbocycles. The quantitative estimate of drug-likeness (QED) is 0.608. The maximum atomic E-state index is 12.0. The number of rotatable bonds is 7. The minimum absolute atomic E-state index is 0.175. The van der Waals surface area contributed by atoms with E-state index in [1.165, 1.54) is 31.1 Å². The average molecular weight is 328 g/mol. The second-order valence-electron chi connectivity index (χ2n) is 4.97. The third-order valence-corrected chi connectivity index (χ3v) is 3.42. The molecule has 8 nitrogen and oxygen atoms in total. The monoisotopic (exact) mass is 328 g/mol. The molecule has 0 atom stereocenters. The molecule has 1 heterocycles. The predicted molar refractivity (Wildman–Crippen MR) is 87.3 cm³/mol. The lowest BCUT2D eigenvalue weighted by Crippen LogP contribution is -2.31. The van der Waals surface area contributed by atoms with Gasteiger partial charge in [-0.05, 0) is 19.1 Å². The molecule has 0 saturated carbocycles. The lowest BCUT2D eigenvalue weighted by Gasteiger charge is -2.23. The van der Waals surface area contributed by atoms with Crippen LogP contribution in [0.4, 0.5) is 11.4 Å². The van der Waals surface area contributed by atoms with E-state index in [4.69, 9.17) is 0 Å². The number of hydrogen-bond donors (Lipinski definition) is 1. The molecule has 24 heavy (non-hydrogen) atoms. The van der Waals surface area contributed by atoms with Crippen LogP contribution in [-0.4, -0.2) is 40.5 Å². The van der Waals surface area contributed by atoms with Crippen LogP contribution in [0.1, 0.15) is 24.2 Å². The number of hydrogen-bond acceptors (Lipinski definition) is 5. The Kier molecular flexibility index (Phi) is 5.20. The smallest absolute Gasteiger partial charge is 0.224 e. The van der Waals surface area contributed by atoms with Crippen LogP contribution in [0.3, 0.4) is 0 Å². The fourth-order valence-corrected chi connectivity index (χ4v) is 2.35. The van der Waals surface area contributed by atoms with Crippen molar-refractivity contribution in [1.29, 1.82) is 0 Å². The van der Waals surface area contributed by atoms with Crippen molar-refractivity contribution in [3.8, 4) is 5.69 Å². The number of aromatic nitrogens is 2. The molecule has 0 aliphatic rings. The van der Waals surface area contributed by atoms with Crippen molar-refractivity contribution in [2.75, 3.05) is 16.8 Å². The summed E-state index contributed by atoms with van der Waals surface area (Å²) in [6.45, 7) is 2.53. The highest BCUT2D eigenvalue weighted by Gasteiger charge is 2.20. The number of benzene rings is 1. The molecule has 8 heteroatoms. The summed E-state index contributed by atoms with van der Waals surface area (Å²) in [6, 6.07) is 3.04. The Labute approximate surface area is 138 Å². The number of anilines is 2. The van der Waals surface area contributed by atoms with Gasteiger partial charge in [-0.15, -0.1) is 0 Å². The minimum atomic E-state index is -0.372. The number of carbonyl (C=O) groups is 4. The molecule has 2 rings (SSSR count). The first kappa shape index (κ1) is 17.1. The number of amides is 2. The molecular weight excluding hydrogens is 312 g/mol. The van der Waals surface area contributed by atoms with Crippen LogP contribution in [0.5, 0.6) is 0 Å². The van der Waals surface area contributed by atoms with Crippen LogP contribution in [0, 0.1) is 0 Å². The third-order valence-electron chi connectivity index (χ3n) is 3.42. The van der Waals surface area contributed by atoms with E-state index < -0.39 is 0 Å². The number of aldehydes is 1. The highest BCUT2D eigenvalue weighted by atomic mass is 16.2. The summed E-state index contributed by atoms with van der Waals surface area (Å²) >= 11 is 0. The van der Waals surface area contributed by atoms with Gasteiger partial charge in [0.1, 0.15) is 6.29 Å². The number of nitrogens with one attached hydrogen (secondary N) is 1. The fourth-order valence-electron chi connectivity index (χ4n) is 2.35. The van der Waals surface area contributed by atoms with Gasteiger partial charge in [0.15, 0.2) is 5.78 Å². The van der Waals surface area contributed by atoms with E-state index in [2.05, 4.69) is 10.3 Å². The summed E-state index contributed by atoms with van der Waals surface area (Å²) in [6.07, 6.45) is 5.74. The Morgan fingerprint density at radius 2 is 2.04 bits per heavy atom. The molecule has 1 aromatic heterocycles. The molecule has 0 aliphatic heterocycles. The van der Waals surface area contributed by atoms with Crippen LogP contribution >= 0.6 is 0 Å². The first-order chi connectivity index (χ1) is 11.5. The molecule has 0 radical (unpaired) electrons. The van der Waals surface area contributed by atoms with Gasteiger partial charge in [-0.25, -0.2) is 4.98 Å². The second kappa shape index (κ2) is 7.32. The fraction of sp³-hybridized carbons (Fsp3) is 0.188. The predicted octanol–water partition coefficient (Wildman–Crippen LogP) is 1.20. The van der Waals surface area contributed by atoms with Gasteiger partial charge in [0.25, 0.3) is 0 Å². The Bertz CT molecular complexity index is 784. The van der Waals surface area contributed by atoms with Crippen LogP contribution in [0.15, 0.2) is 30.9 Å². The maximum Gasteiger partial charge on any atom is 0.224 e. The van der Waals surface area contributed by atoms with Crippen LogP contribution in [0.25, 0.3) is 5.69 Å². The van der Waals surface area contributed by atoms with Gasteiger partial charge in [0.2, 0.25) is 12.3 Å². The topological polar surface area (TPSA) is 101 Å². The lowest BCUT2D eigenvalue weighted by molar-refractivity contribution is -0.118. The molecule has 124 valence electrons. The average Bonchev–Trinajstić information content (AvgIpc) is 3.06. The normalized spacial score (nSPS) is 10.1. The molecule has 1 N–H and O–H groups in total. The van der Waals surface area contributed by atoms with Gasteiger partial charge in [0.05, 0.1) is 29.9 Å². The van der Waals surface area contributed by atoms with Crippen molar-refractivity contribution >= 4 is 35.8 Å². The van der Waals surface area contributed by atoms with Crippen molar-refractivity contribution in [2.24, 2.45) is 0 Å². The largest absolute Gasteiger partial charge is 0.327 e. The van der Waals surface area contributed by atoms with Gasteiger partial charge < -0.3 is 19.6 Å². The summed E-state index contributed by atoms with van der Waals surface area (Å²) in [4.78, 5) is 50.8. The lowest BCUT2D eigenvalue weighted by atomic mass is 10.1. The summed E-state index contributed by atoms with van der Waals surface area (Å²) in [5, 5.41) is 2.47. The first-order valence-corrected chi connectivity index (χ1v) is 7.08. The Morgan fingerprint density at radius 3 is 2.54 bits per heavy atom. The molecule has 0 fully saturated rings. The molecule has 0 bridgehead atoms. The summed E-state index contributed by atoms with van der Waals surface area (Å²) < 4.78 is 1.62. The van der Waals surface area contributed by atoms with Crippen molar-refractivity contribution < 1.29 is 19.2 Å². The summed E-state index contributed by atoms with van der Waals surface area (Å²) in [5.41, 5.74) is 1.41. The van der Waals surface area contributed by atoms with Gasteiger partial charge in [-0.2, -0.15) is 0 Å². The Hall–Kier alpha value is -3.29. The second-order valence-corrected chi connectivity index (χ2v) is 4.97. The zero-order valence-electron chi connectivity index (χ0n) is 13.2. The van der Waals surface area contributed by atoms with Crippen molar-refractivity contribution in [2.45, 2.75) is 13.8 Å². The van der Waals surface area contributed by atoms with Crippen LogP contribution in [0.2, 0.25) is 0 Å². The van der Waals surface area contributed by atoms with Crippen LogP contribution < -0.4 is 10.2 Å². The SMILES string of the molecule is CC(=O)c1cc(NC=O)c(N(CC=O)C(C)=O)cc1-n1ccnc1. The molecule has 2 aromatic rings. The Balaban J connectivity index is 2.74. The number of ketones is 1. The van der Waals surface area contributed by atoms with Gasteiger partial charge >= 0.3 is 0 Å². The molecule has 0 spiro atoms. The molecule has 0 saturated heterocycles. The molecule has 1 aromatic carbocycles. The zero-order valence-corrected chi connectivity index (χ0v) is 13.2. The maximum absolute atomic E-state index is 12.0. The van der Waals surface area contributed by atoms with Crippen LogP contribution in [-0.2, 0) is 14.4 Å². The third kappa shape index (κ3) is 3.37. The summed E-state index contributed by atoms with van der Waals surface area (Å²) in [7, 11) is 0. The van der Waals surface area contributed by atoms with E-state index in [0.717, 1.165) is 0 Å². The minimum Gasteiger partial charge on any atom is -0.327 e. The van der Waals surface area contributed by atoms with E-state index in [0.29, 0.717) is 29.6 Å². The van der Waals surface area contributed by atoms with E-state index in [1.807, 2.05) is 0 Å². The van der Waals surface area contributed by atoms with Crippen molar-refractivity contribution in [1.82, 2.24) is 9.55 Å². The van der Waals surface area contributed by atoms with E-state index in [9.17, 15) is 19.2 Å². The Morgan fingerprint density at radius 1 is 1.29 bits per heavy atom. The highest BCUT2D eigenvalue weighted by Crippen LogP contribution is 2.32. The number of carbonyl (C=O) groups excluding carboxylic acids is 4. The number of imidazole rings is 1. The van der Waals surface area contributed by atoms with E-state index in [-0.39, 0.29) is 23.9 Å². The molecule has 0 unspecified atom stereocenters. The van der Waals surface area contributed by atoms with Gasteiger partial charge in [-0.3, -0.25) is 14.4 Å². The first-order valence-electron chi connectivity index (χ1n) is 7.08. The van der Waals surface area contributed by atoms with Gasteiger partial charge in [0, 0.05) is 24.9 Å². The van der Waals surface area contributed by atoms with E-state index >= 15 is 0 Å². The van der Waals surface area contributed by atoms with Crippen molar-refractivity contribution in [3.05, 3.63) is 36.4 Å². The highest BCUT2D eigenvalue weighted by molar-refractivity contribution is 6.04. The number of Topliss-reactive ketones (excluding diaryl/α,β-unsaturated/α-hetero) is 1. The van der Waals surface area contributed by atoms with Crippen molar-refractivity contribution in [3.63, 3.8) is 0 Å². The summed E-state index contributed by atoms with van der Waals surface area (Å²) in [5.74, 6) is -0.591. The molecular formula is C16H16N4O4. The zero-order chi connectivity index (χ0) is 17.7. The van der Waals surface area contributed by atoms with E-state index in [1.54, 1.807) is 23.0 Å². The standard InChI is InChI=1S/C16H16N4O4/c1-11(23)13-7-14(18-10-22)16(20(5-6-21)12(2)24)8-15(13)19-4-3-17-9-19/h3-4,6-10H,5H2,1-2H3,(H,18,22). The molecule has 2 amide bonds.